The second-order valence-corrected chi connectivity index (χ2v) is 5.66. The summed E-state index contributed by atoms with van der Waals surface area (Å²) in [5, 5.41) is 10.00. The maximum absolute atomic E-state index is 13.1. The van der Waals surface area contributed by atoms with Crippen molar-refractivity contribution in [2.75, 3.05) is 12.4 Å². The van der Waals surface area contributed by atoms with E-state index in [0.717, 1.165) is 0 Å². The van der Waals surface area contributed by atoms with Crippen molar-refractivity contribution >= 4 is 22.7 Å². The molecule has 1 heterocycles. The Morgan fingerprint density at radius 1 is 1.14 bits per heavy atom. The summed E-state index contributed by atoms with van der Waals surface area (Å²) in [5.41, 5.74) is 0.939. The highest BCUT2D eigenvalue weighted by Gasteiger charge is 2.12. The molecule has 4 nitrogen and oxygen atoms in total. The number of rotatable bonds is 4. The third-order valence-electron chi connectivity index (χ3n) is 3.15. The fraction of sp³-hybridized carbons (Fsp3) is 0.125. The van der Waals surface area contributed by atoms with E-state index < -0.39 is 0 Å². The highest BCUT2D eigenvalue weighted by atomic mass is 32.2. The fourth-order valence-corrected chi connectivity index (χ4v) is 2.92. The Morgan fingerprint density at radius 2 is 1.86 bits per heavy atom. The maximum atomic E-state index is 13.1. The molecular weight excluding hydrogens is 303 g/mol. The molecule has 0 saturated carbocycles. The molecule has 0 aliphatic rings. The first-order valence-electron chi connectivity index (χ1n) is 6.72. The van der Waals surface area contributed by atoms with Gasteiger partial charge in [0.1, 0.15) is 5.82 Å². The van der Waals surface area contributed by atoms with E-state index >= 15 is 0 Å². The van der Waals surface area contributed by atoms with Crippen molar-refractivity contribution in [2.24, 2.45) is 0 Å². The minimum atomic E-state index is -0.366. The van der Waals surface area contributed by atoms with E-state index in [1.54, 1.807) is 18.2 Å². The van der Waals surface area contributed by atoms with Crippen molar-refractivity contribution in [2.45, 2.75) is 5.16 Å². The Bertz CT molecular complexity index is 862. The van der Waals surface area contributed by atoms with E-state index in [2.05, 4.69) is 4.98 Å². The number of hydrogen-bond acceptors (Lipinski definition) is 4. The SMILES string of the molecule is O=c1c2ccccc2nc(SCCO)n1-c1ccc(F)cc1. The second-order valence-electron chi connectivity index (χ2n) is 4.60. The summed E-state index contributed by atoms with van der Waals surface area (Å²) < 4.78 is 14.6. The van der Waals surface area contributed by atoms with Crippen molar-refractivity contribution in [3.8, 4) is 5.69 Å². The van der Waals surface area contributed by atoms with Crippen LogP contribution in [0.5, 0.6) is 0 Å². The molecule has 0 unspecified atom stereocenters. The number of aliphatic hydroxyl groups is 1. The van der Waals surface area contributed by atoms with Gasteiger partial charge in [-0.15, -0.1) is 0 Å². The normalized spacial score (nSPS) is 11.0. The number of aromatic nitrogens is 2. The molecule has 0 aliphatic carbocycles. The maximum Gasteiger partial charge on any atom is 0.266 e. The molecule has 0 amide bonds. The quantitative estimate of drug-likeness (QED) is 0.594. The summed E-state index contributed by atoms with van der Waals surface area (Å²) in [6.07, 6.45) is 0. The van der Waals surface area contributed by atoms with E-state index in [4.69, 9.17) is 5.11 Å². The van der Waals surface area contributed by atoms with E-state index in [9.17, 15) is 9.18 Å². The minimum Gasteiger partial charge on any atom is -0.396 e. The predicted molar refractivity (Wildman–Crippen MR) is 85.1 cm³/mol. The van der Waals surface area contributed by atoms with Crippen LogP contribution in [0.4, 0.5) is 4.39 Å². The molecule has 3 rings (SSSR count). The summed E-state index contributed by atoms with van der Waals surface area (Å²) in [6.45, 7) is -0.0171. The Kier molecular flexibility index (Phi) is 4.22. The Labute approximate surface area is 130 Å². The molecule has 0 bridgehead atoms. The number of nitrogens with zero attached hydrogens (tertiary/aromatic N) is 2. The van der Waals surface area contributed by atoms with Crippen molar-refractivity contribution < 1.29 is 9.50 Å². The molecule has 0 saturated heterocycles. The molecule has 0 radical (unpaired) electrons. The standard InChI is InChI=1S/C16H13FN2O2S/c17-11-5-7-12(8-6-11)19-15(21)13-3-1-2-4-14(13)18-16(19)22-10-9-20/h1-8,20H,9-10H2. The molecule has 0 spiro atoms. The van der Waals surface area contributed by atoms with Gasteiger partial charge >= 0.3 is 0 Å². The number of hydrogen-bond donors (Lipinski definition) is 1. The van der Waals surface area contributed by atoms with Gasteiger partial charge in [0, 0.05) is 5.75 Å². The molecule has 3 aromatic rings. The summed E-state index contributed by atoms with van der Waals surface area (Å²) in [7, 11) is 0. The molecule has 0 aliphatic heterocycles. The highest BCUT2D eigenvalue weighted by Crippen LogP contribution is 2.21. The van der Waals surface area contributed by atoms with Gasteiger partial charge in [-0.1, -0.05) is 23.9 Å². The van der Waals surface area contributed by atoms with Crippen molar-refractivity contribution in [3.63, 3.8) is 0 Å². The lowest BCUT2D eigenvalue weighted by Gasteiger charge is -2.12. The second kappa shape index (κ2) is 6.29. The van der Waals surface area contributed by atoms with Gasteiger partial charge in [0.25, 0.3) is 5.56 Å². The fourth-order valence-electron chi connectivity index (χ4n) is 2.16. The zero-order valence-corrected chi connectivity index (χ0v) is 12.4. The van der Waals surface area contributed by atoms with Crippen molar-refractivity contribution in [1.82, 2.24) is 9.55 Å². The zero-order chi connectivity index (χ0) is 15.5. The highest BCUT2D eigenvalue weighted by molar-refractivity contribution is 7.99. The van der Waals surface area contributed by atoms with Gasteiger partial charge in [0.2, 0.25) is 0 Å². The third kappa shape index (κ3) is 2.75. The summed E-state index contributed by atoms with van der Waals surface area (Å²) >= 11 is 1.28. The molecular formula is C16H13FN2O2S. The number of thioether (sulfide) groups is 1. The number of benzene rings is 2. The minimum absolute atomic E-state index is 0.0171. The van der Waals surface area contributed by atoms with Crippen LogP contribution in [0.1, 0.15) is 0 Å². The number of aliphatic hydroxyl groups excluding tert-OH is 1. The van der Waals surface area contributed by atoms with Crippen LogP contribution in [0.2, 0.25) is 0 Å². The monoisotopic (exact) mass is 316 g/mol. The molecule has 2 aromatic carbocycles. The van der Waals surface area contributed by atoms with Crippen LogP contribution < -0.4 is 5.56 Å². The molecule has 22 heavy (non-hydrogen) atoms. The summed E-state index contributed by atoms with van der Waals surface area (Å²) in [5.74, 6) is 0.0570. The van der Waals surface area contributed by atoms with Gasteiger partial charge in [-0.05, 0) is 36.4 Å². The third-order valence-corrected chi connectivity index (χ3v) is 4.07. The smallest absolute Gasteiger partial charge is 0.266 e. The van der Waals surface area contributed by atoms with Gasteiger partial charge in [0.05, 0.1) is 23.2 Å². The summed E-state index contributed by atoms with van der Waals surface area (Å²) in [6, 6.07) is 12.8. The molecule has 0 fully saturated rings. The average Bonchev–Trinajstić information content (AvgIpc) is 2.54. The van der Waals surface area contributed by atoms with E-state index in [1.807, 2.05) is 6.07 Å². The van der Waals surface area contributed by atoms with Gasteiger partial charge in [-0.3, -0.25) is 9.36 Å². The lowest BCUT2D eigenvalue weighted by Crippen LogP contribution is -2.22. The zero-order valence-electron chi connectivity index (χ0n) is 11.6. The number of fused-ring (bicyclic) bond motifs is 1. The van der Waals surface area contributed by atoms with E-state index in [-0.39, 0.29) is 18.0 Å². The largest absolute Gasteiger partial charge is 0.396 e. The first-order chi connectivity index (χ1) is 10.7. The first kappa shape index (κ1) is 14.7. The Morgan fingerprint density at radius 3 is 2.59 bits per heavy atom. The molecule has 1 aromatic heterocycles. The predicted octanol–water partition coefficient (Wildman–Crippen LogP) is 2.61. The van der Waals surface area contributed by atoms with Gasteiger partial charge < -0.3 is 5.11 Å². The van der Waals surface area contributed by atoms with Gasteiger partial charge in [-0.2, -0.15) is 0 Å². The number of halogens is 1. The first-order valence-corrected chi connectivity index (χ1v) is 7.70. The van der Waals surface area contributed by atoms with Crippen LogP contribution >= 0.6 is 11.8 Å². The Hall–Kier alpha value is -2.18. The van der Waals surface area contributed by atoms with Crippen LogP contribution in [0, 0.1) is 5.82 Å². The van der Waals surface area contributed by atoms with Crippen LogP contribution in [-0.2, 0) is 0 Å². The topological polar surface area (TPSA) is 55.1 Å². The van der Waals surface area contributed by atoms with E-state index in [1.165, 1.54) is 40.6 Å². The Balaban J connectivity index is 2.27. The van der Waals surface area contributed by atoms with Gasteiger partial charge in [0.15, 0.2) is 5.16 Å². The molecule has 0 atom stereocenters. The lowest BCUT2D eigenvalue weighted by molar-refractivity contribution is 0.322. The number of para-hydroxylation sites is 1. The lowest BCUT2D eigenvalue weighted by atomic mass is 10.2. The van der Waals surface area contributed by atoms with Crippen LogP contribution in [0.3, 0.4) is 0 Å². The van der Waals surface area contributed by atoms with Crippen molar-refractivity contribution in [1.29, 1.82) is 0 Å². The molecule has 6 heteroatoms. The molecule has 112 valence electrons. The van der Waals surface area contributed by atoms with Crippen molar-refractivity contribution in [3.05, 3.63) is 64.7 Å². The van der Waals surface area contributed by atoms with Crippen LogP contribution in [0.15, 0.2) is 58.5 Å². The molecule has 1 N–H and O–H groups in total. The van der Waals surface area contributed by atoms with Gasteiger partial charge in [-0.25, -0.2) is 9.37 Å². The van der Waals surface area contributed by atoms with E-state index in [0.29, 0.717) is 27.5 Å². The van der Waals surface area contributed by atoms with Crippen LogP contribution in [-0.4, -0.2) is 27.0 Å². The summed E-state index contributed by atoms with van der Waals surface area (Å²) in [4.78, 5) is 17.2. The average molecular weight is 316 g/mol. The van der Waals surface area contributed by atoms with Crippen LogP contribution in [0.25, 0.3) is 16.6 Å².